The van der Waals surface area contributed by atoms with E-state index in [1.807, 2.05) is 56.4 Å². The van der Waals surface area contributed by atoms with Crippen LogP contribution in [0.3, 0.4) is 0 Å². The molecule has 0 saturated heterocycles. The number of ether oxygens (including phenoxy) is 1. The van der Waals surface area contributed by atoms with E-state index in [2.05, 4.69) is 32.9 Å². The van der Waals surface area contributed by atoms with Gasteiger partial charge in [0.25, 0.3) is 0 Å². The van der Waals surface area contributed by atoms with Crippen molar-refractivity contribution in [2.45, 2.75) is 19.4 Å². The number of rotatable bonds is 7. The van der Waals surface area contributed by atoms with Crippen molar-refractivity contribution < 1.29 is 4.74 Å². The van der Waals surface area contributed by atoms with Crippen molar-refractivity contribution in [1.29, 1.82) is 0 Å². The molecule has 1 atom stereocenters. The SMILES string of the molecule is CNCCC(c1ccc(Oc2ccccc2)cc1)n1nnc(C)n1. The van der Waals surface area contributed by atoms with Gasteiger partial charge < -0.3 is 10.1 Å². The van der Waals surface area contributed by atoms with Gasteiger partial charge in [0, 0.05) is 0 Å². The number of hydrogen-bond acceptors (Lipinski definition) is 5. The van der Waals surface area contributed by atoms with Crippen molar-refractivity contribution in [3.63, 3.8) is 0 Å². The Kier molecular flexibility index (Phi) is 5.18. The van der Waals surface area contributed by atoms with Gasteiger partial charge in [-0.1, -0.05) is 30.3 Å². The lowest BCUT2D eigenvalue weighted by atomic mass is 10.0. The molecule has 0 aliphatic carbocycles. The van der Waals surface area contributed by atoms with E-state index in [0.29, 0.717) is 5.82 Å². The highest BCUT2D eigenvalue weighted by molar-refractivity contribution is 5.34. The number of nitrogens with zero attached hydrogens (tertiary/aromatic N) is 4. The Bertz CT molecular complexity index is 755. The molecule has 1 aromatic heterocycles. The summed E-state index contributed by atoms with van der Waals surface area (Å²) in [7, 11) is 1.94. The normalized spacial score (nSPS) is 12.1. The molecular formula is C18H21N5O. The first-order chi connectivity index (χ1) is 11.8. The number of benzene rings is 2. The van der Waals surface area contributed by atoms with Crippen molar-refractivity contribution in [3.05, 3.63) is 66.0 Å². The van der Waals surface area contributed by atoms with Crippen LogP contribution in [0.25, 0.3) is 0 Å². The summed E-state index contributed by atoms with van der Waals surface area (Å²) >= 11 is 0. The monoisotopic (exact) mass is 323 g/mol. The molecule has 0 saturated carbocycles. The summed E-state index contributed by atoms with van der Waals surface area (Å²) in [6.45, 7) is 2.71. The van der Waals surface area contributed by atoms with Crippen LogP contribution in [0.5, 0.6) is 11.5 Å². The van der Waals surface area contributed by atoms with Crippen LogP contribution in [0.15, 0.2) is 54.6 Å². The largest absolute Gasteiger partial charge is 0.457 e. The Morgan fingerprint density at radius 2 is 1.75 bits per heavy atom. The molecule has 6 nitrogen and oxygen atoms in total. The number of nitrogens with one attached hydrogen (secondary N) is 1. The van der Waals surface area contributed by atoms with Crippen LogP contribution in [0.1, 0.15) is 23.9 Å². The molecule has 0 fully saturated rings. The summed E-state index contributed by atoms with van der Waals surface area (Å²) in [5.41, 5.74) is 1.13. The zero-order valence-electron chi connectivity index (χ0n) is 13.9. The predicted octanol–water partition coefficient (Wildman–Crippen LogP) is 2.97. The molecule has 124 valence electrons. The third-order valence-corrected chi connectivity index (χ3v) is 3.72. The molecule has 3 aromatic rings. The minimum atomic E-state index is 0.0458. The van der Waals surface area contributed by atoms with E-state index < -0.39 is 0 Å². The van der Waals surface area contributed by atoms with Crippen LogP contribution in [-0.2, 0) is 0 Å². The van der Waals surface area contributed by atoms with Gasteiger partial charge in [0.15, 0.2) is 5.82 Å². The molecule has 0 aliphatic heterocycles. The second-order valence-electron chi connectivity index (χ2n) is 5.55. The minimum Gasteiger partial charge on any atom is -0.457 e. The van der Waals surface area contributed by atoms with Crippen LogP contribution >= 0.6 is 0 Å². The molecule has 0 aliphatic rings. The summed E-state index contributed by atoms with van der Waals surface area (Å²) in [5.74, 6) is 2.30. The summed E-state index contributed by atoms with van der Waals surface area (Å²) in [6.07, 6.45) is 0.880. The summed E-state index contributed by atoms with van der Waals surface area (Å²) in [4.78, 5) is 1.68. The molecule has 6 heteroatoms. The molecule has 0 amide bonds. The summed E-state index contributed by atoms with van der Waals surface area (Å²) < 4.78 is 5.84. The van der Waals surface area contributed by atoms with E-state index in [1.54, 1.807) is 4.80 Å². The van der Waals surface area contributed by atoms with Crippen molar-refractivity contribution in [1.82, 2.24) is 25.5 Å². The van der Waals surface area contributed by atoms with Gasteiger partial charge in [-0.3, -0.25) is 0 Å². The van der Waals surface area contributed by atoms with Crippen molar-refractivity contribution in [2.75, 3.05) is 13.6 Å². The molecule has 0 bridgehead atoms. The molecule has 2 aromatic carbocycles. The van der Waals surface area contributed by atoms with E-state index in [0.717, 1.165) is 30.0 Å². The fraction of sp³-hybridized carbons (Fsp3) is 0.278. The van der Waals surface area contributed by atoms with Crippen LogP contribution in [0, 0.1) is 6.92 Å². The first-order valence-corrected chi connectivity index (χ1v) is 8.00. The van der Waals surface area contributed by atoms with Gasteiger partial charge >= 0.3 is 0 Å². The number of aryl methyl sites for hydroxylation is 1. The van der Waals surface area contributed by atoms with Gasteiger partial charge in [0.2, 0.25) is 0 Å². The smallest absolute Gasteiger partial charge is 0.171 e. The Morgan fingerprint density at radius 3 is 2.38 bits per heavy atom. The van der Waals surface area contributed by atoms with E-state index in [-0.39, 0.29) is 6.04 Å². The van der Waals surface area contributed by atoms with Gasteiger partial charge in [-0.15, -0.1) is 10.2 Å². The molecule has 1 heterocycles. The maximum atomic E-state index is 5.84. The van der Waals surface area contributed by atoms with E-state index in [1.165, 1.54) is 0 Å². The van der Waals surface area contributed by atoms with E-state index in [9.17, 15) is 0 Å². The average Bonchev–Trinajstić information content (AvgIpc) is 3.04. The molecular weight excluding hydrogens is 302 g/mol. The predicted molar refractivity (Wildman–Crippen MR) is 92.2 cm³/mol. The first-order valence-electron chi connectivity index (χ1n) is 8.00. The van der Waals surface area contributed by atoms with Crippen LogP contribution < -0.4 is 10.1 Å². The number of aromatic nitrogens is 4. The Morgan fingerprint density at radius 1 is 1.04 bits per heavy atom. The van der Waals surface area contributed by atoms with E-state index in [4.69, 9.17) is 4.74 Å². The van der Waals surface area contributed by atoms with Crippen LogP contribution in [-0.4, -0.2) is 33.8 Å². The molecule has 1 unspecified atom stereocenters. The van der Waals surface area contributed by atoms with Gasteiger partial charge in [0.1, 0.15) is 11.5 Å². The van der Waals surface area contributed by atoms with E-state index >= 15 is 0 Å². The zero-order chi connectivity index (χ0) is 16.8. The van der Waals surface area contributed by atoms with Gasteiger partial charge in [-0.05, 0) is 62.0 Å². The Hall–Kier alpha value is -2.73. The highest BCUT2D eigenvalue weighted by Crippen LogP contribution is 2.25. The fourth-order valence-electron chi connectivity index (χ4n) is 2.51. The van der Waals surface area contributed by atoms with Crippen molar-refractivity contribution >= 4 is 0 Å². The number of para-hydroxylation sites is 1. The van der Waals surface area contributed by atoms with Crippen molar-refractivity contribution in [2.24, 2.45) is 0 Å². The number of tetrazole rings is 1. The second-order valence-corrected chi connectivity index (χ2v) is 5.55. The standard InChI is InChI=1S/C18H21N5O/c1-14-20-22-23(21-14)18(12-13-19-2)15-8-10-17(11-9-15)24-16-6-4-3-5-7-16/h3-11,18-19H,12-13H2,1-2H3. The lowest BCUT2D eigenvalue weighted by Gasteiger charge is -2.16. The molecule has 0 radical (unpaired) electrons. The van der Waals surface area contributed by atoms with Crippen LogP contribution in [0.2, 0.25) is 0 Å². The van der Waals surface area contributed by atoms with Gasteiger partial charge in [-0.2, -0.15) is 4.80 Å². The Labute approximate surface area is 141 Å². The molecule has 1 N–H and O–H groups in total. The highest BCUT2D eigenvalue weighted by Gasteiger charge is 2.16. The Balaban J connectivity index is 1.78. The van der Waals surface area contributed by atoms with Gasteiger partial charge in [0.05, 0.1) is 6.04 Å². The number of hydrogen-bond donors (Lipinski definition) is 1. The third kappa shape index (κ3) is 3.97. The van der Waals surface area contributed by atoms with Crippen LogP contribution in [0.4, 0.5) is 0 Å². The molecule has 0 spiro atoms. The third-order valence-electron chi connectivity index (χ3n) is 3.72. The minimum absolute atomic E-state index is 0.0458. The maximum absolute atomic E-state index is 5.84. The first kappa shape index (κ1) is 16.1. The summed E-state index contributed by atoms with van der Waals surface area (Å²) in [5, 5.41) is 15.7. The average molecular weight is 323 g/mol. The summed E-state index contributed by atoms with van der Waals surface area (Å²) in [6, 6.07) is 17.8. The van der Waals surface area contributed by atoms with Gasteiger partial charge in [-0.25, -0.2) is 0 Å². The molecule has 3 rings (SSSR count). The zero-order valence-corrected chi connectivity index (χ0v) is 13.9. The lowest BCUT2D eigenvalue weighted by Crippen LogP contribution is -2.20. The maximum Gasteiger partial charge on any atom is 0.171 e. The van der Waals surface area contributed by atoms with Crippen molar-refractivity contribution in [3.8, 4) is 11.5 Å². The quantitative estimate of drug-likeness (QED) is 0.724. The topological polar surface area (TPSA) is 64.9 Å². The fourth-order valence-corrected chi connectivity index (χ4v) is 2.51. The second kappa shape index (κ2) is 7.70. The lowest BCUT2D eigenvalue weighted by molar-refractivity contribution is 0.420. The molecule has 24 heavy (non-hydrogen) atoms. The highest BCUT2D eigenvalue weighted by atomic mass is 16.5.